The second-order valence-electron chi connectivity index (χ2n) is 5.79. The summed E-state index contributed by atoms with van der Waals surface area (Å²) >= 11 is 0. The minimum atomic E-state index is -0.426. The first-order chi connectivity index (χ1) is 8.92. The summed E-state index contributed by atoms with van der Waals surface area (Å²) < 4.78 is 0. The average Bonchev–Trinajstić information content (AvgIpc) is 2.44. The molecular weight excluding hydrogens is 242 g/mol. The predicted molar refractivity (Wildman–Crippen MR) is 75.4 cm³/mol. The fraction of sp³-hybridized carbons (Fsp3) is 0.857. The van der Waals surface area contributed by atoms with Crippen LogP contribution in [-0.2, 0) is 9.59 Å². The Hall–Kier alpha value is -1.10. The van der Waals surface area contributed by atoms with E-state index in [2.05, 4.69) is 5.32 Å². The number of carbonyl (C=O) groups excluding carboxylic acids is 2. The van der Waals surface area contributed by atoms with Gasteiger partial charge in [-0.25, -0.2) is 0 Å². The van der Waals surface area contributed by atoms with Gasteiger partial charge in [0.25, 0.3) is 0 Å². The molecule has 1 atom stereocenters. The highest BCUT2D eigenvalue weighted by Gasteiger charge is 2.35. The molecule has 1 aliphatic rings. The molecule has 1 unspecified atom stereocenters. The van der Waals surface area contributed by atoms with E-state index in [9.17, 15) is 9.59 Å². The molecule has 0 bridgehead atoms. The van der Waals surface area contributed by atoms with Crippen LogP contribution in [0, 0.1) is 11.3 Å². The highest BCUT2D eigenvalue weighted by atomic mass is 16.2. The Balaban J connectivity index is 2.45. The van der Waals surface area contributed by atoms with Gasteiger partial charge in [-0.05, 0) is 32.1 Å². The summed E-state index contributed by atoms with van der Waals surface area (Å²) in [5.74, 6) is 0.675. The van der Waals surface area contributed by atoms with Crippen molar-refractivity contribution in [3.63, 3.8) is 0 Å². The van der Waals surface area contributed by atoms with Crippen molar-refractivity contribution < 1.29 is 9.59 Å². The number of carbonyl (C=O) groups is 2. The molecule has 1 aliphatic heterocycles. The average molecular weight is 269 g/mol. The van der Waals surface area contributed by atoms with E-state index in [-0.39, 0.29) is 11.8 Å². The Morgan fingerprint density at radius 1 is 1.37 bits per heavy atom. The van der Waals surface area contributed by atoms with Crippen molar-refractivity contribution in [2.75, 3.05) is 26.2 Å². The lowest BCUT2D eigenvalue weighted by Gasteiger charge is -2.37. The van der Waals surface area contributed by atoms with E-state index in [0.29, 0.717) is 12.5 Å². The van der Waals surface area contributed by atoms with Crippen LogP contribution in [0.2, 0.25) is 0 Å². The molecule has 0 spiro atoms. The summed E-state index contributed by atoms with van der Waals surface area (Å²) in [4.78, 5) is 25.2. The molecule has 5 heteroatoms. The molecule has 0 saturated carbocycles. The fourth-order valence-electron chi connectivity index (χ4n) is 2.39. The standard InChI is InChI=1S/C14H27N3O2/c1-4-14(3,10-15)13(19)17-7-5-12(6-8-17)9-16-11(2)18/h12H,4-10,15H2,1-3H3,(H,16,18). The zero-order valence-electron chi connectivity index (χ0n) is 12.4. The van der Waals surface area contributed by atoms with Gasteiger partial charge >= 0.3 is 0 Å². The number of hydrogen-bond acceptors (Lipinski definition) is 3. The lowest BCUT2D eigenvalue weighted by molar-refractivity contribution is -0.142. The highest BCUT2D eigenvalue weighted by Crippen LogP contribution is 2.26. The second-order valence-corrected chi connectivity index (χ2v) is 5.79. The lowest BCUT2D eigenvalue weighted by atomic mass is 9.84. The zero-order chi connectivity index (χ0) is 14.5. The monoisotopic (exact) mass is 269 g/mol. The fourth-order valence-corrected chi connectivity index (χ4v) is 2.39. The van der Waals surface area contributed by atoms with E-state index in [4.69, 9.17) is 5.73 Å². The van der Waals surface area contributed by atoms with Crippen LogP contribution in [0.15, 0.2) is 0 Å². The molecule has 1 saturated heterocycles. The third-order valence-electron chi connectivity index (χ3n) is 4.29. The Kier molecular flexibility index (Phi) is 5.79. The van der Waals surface area contributed by atoms with Gasteiger partial charge in [-0.2, -0.15) is 0 Å². The normalized spacial score (nSPS) is 19.9. The van der Waals surface area contributed by atoms with Gasteiger partial charge in [0.1, 0.15) is 0 Å². The summed E-state index contributed by atoms with van der Waals surface area (Å²) in [7, 11) is 0. The number of piperidine rings is 1. The first kappa shape index (κ1) is 16.0. The molecule has 1 heterocycles. The second kappa shape index (κ2) is 6.89. The van der Waals surface area contributed by atoms with Gasteiger partial charge in [0.2, 0.25) is 11.8 Å². The molecule has 3 N–H and O–H groups in total. The van der Waals surface area contributed by atoms with Crippen LogP contribution in [0.3, 0.4) is 0 Å². The molecule has 0 radical (unpaired) electrons. The molecular formula is C14H27N3O2. The van der Waals surface area contributed by atoms with Gasteiger partial charge in [-0.15, -0.1) is 0 Å². The Bertz CT molecular complexity index is 319. The number of likely N-dealkylation sites (tertiary alicyclic amines) is 1. The molecule has 0 aromatic carbocycles. The molecule has 0 aromatic rings. The molecule has 19 heavy (non-hydrogen) atoms. The van der Waals surface area contributed by atoms with E-state index >= 15 is 0 Å². The van der Waals surface area contributed by atoms with Crippen LogP contribution in [0.25, 0.3) is 0 Å². The van der Waals surface area contributed by atoms with E-state index in [1.165, 1.54) is 6.92 Å². The zero-order valence-corrected chi connectivity index (χ0v) is 12.4. The largest absolute Gasteiger partial charge is 0.356 e. The van der Waals surface area contributed by atoms with Crippen LogP contribution < -0.4 is 11.1 Å². The molecule has 0 aromatic heterocycles. The van der Waals surface area contributed by atoms with Crippen LogP contribution in [0.4, 0.5) is 0 Å². The van der Waals surface area contributed by atoms with Gasteiger partial charge in [0, 0.05) is 33.1 Å². The van der Waals surface area contributed by atoms with Gasteiger partial charge in [0.15, 0.2) is 0 Å². The first-order valence-corrected chi connectivity index (χ1v) is 7.17. The minimum Gasteiger partial charge on any atom is -0.356 e. The maximum absolute atomic E-state index is 12.4. The van der Waals surface area contributed by atoms with Crippen molar-refractivity contribution in [1.82, 2.24) is 10.2 Å². The van der Waals surface area contributed by atoms with Gasteiger partial charge in [0.05, 0.1) is 5.41 Å². The van der Waals surface area contributed by atoms with E-state index in [0.717, 1.165) is 38.9 Å². The number of nitrogens with zero attached hydrogens (tertiary/aromatic N) is 1. The molecule has 5 nitrogen and oxygen atoms in total. The Morgan fingerprint density at radius 2 is 1.95 bits per heavy atom. The molecule has 0 aliphatic carbocycles. The number of rotatable bonds is 5. The predicted octanol–water partition coefficient (Wildman–Crippen LogP) is 0.736. The smallest absolute Gasteiger partial charge is 0.229 e. The maximum Gasteiger partial charge on any atom is 0.229 e. The van der Waals surface area contributed by atoms with Crippen LogP contribution >= 0.6 is 0 Å². The van der Waals surface area contributed by atoms with Crippen molar-refractivity contribution in [3.05, 3.63) is 0 Å². The number of nitrogens with two attached hydrogens (primary N) is 1. The molecule has 2 amide bonds. The summed E-state index contributed by atoms with van der Waals surface area (Å²) in [6, 6.07) is 0. The summed E-state index contributed by atoms with van der Waals surface area (Å²) in [6.07, 6.45) is 2.68. The number of amides is 2. The van der Waals surface area contributed by atoms with Crippen molar-refractivity contribution >= 4 is 11.8 Å². The minimum absolute atomic E-state index is 0.0141. The van der Waals surface area contributed by atoms with Crippen molar-refractivity contribution in [2.45, 2.75) is 40.0 Å². The molecule has 1 fully saturated rings. The number of nitrogens with one attached hydrogen (secondary N) is 1. The van der Waals surface area contributed by atoms with Crippen molar-refractivity contribution in [3.8, 4) is 0 Å². The van der Waals surface area contributed by atoms with Crippen LogP contribution in [0.1, 0.15) is 40.0 Å². The van der Waals surface area contributed by atoms with Gasteiger partial charge < -0.3 is 16.0 Å². The van der Waals surface area contributed by atoms with Crippen LogP contribution in [0.5, 0.6) is 0 Å². The van der Waals surface area contributed by atoms with Crippen molar-refractivity contribution in [1.29, 1.82) is 0 Å². The first-order valence-electron chi connectivity index (χ1n) is 7.17. The lowest BCUT2D eigenvalue weighted by Crippen LogP contribution is -2.49. The van der Waals surface area contributed by atoms with E-state index in [1.54, 1.807) is 0 Å². The summed E-state index contributed by atoms with van der Waals surface area (Å²) in [6.45, 7) is 8.16. The van der Waals surface area contributed by atoms with Crippen molar-refractivity contribution in [2.24, 2.45) is 17.1 Å². The molecule has 110 valence electrons. The summed E-state index contributed by atoms with van der Waals surface area (Å²) in [5.41, 5.74) is 5.31. The molecule has 1 rings (SSSR count). The third kappa shape index (κ3) is 4.20. The Morgan fingerprint density at radius 3 is 2.37 bits per heavy atom. The number of hydrogen-bond donors (Lipinski definition) is 2. The van der Waals surface area contributed by atoms with E-state index < -0.39 is 5.41 Å². The SMILES string of the molecule is CCC(C)(CN)C(=O)N1CCC(CNC(C)=O)CC1. The Labute approximate surface area is 115 Å². The summed E-state index contributed by atoms with van der Waals surface area (Å²) in [5, 5.41) is 2.85. The van der Waals surface area contributed by atoms with Crippen LogP contribution in [-0.4, -0.2) is 42.9 Å². The highest BCUT2D eigenvalue weighted by molar-refractivity contribution is 5.82. The van der Waals surface area contributed by atoms with E-state index in [1.807, 2.05) is 18.7 Å². The third-order valence-corrected chi connectivity index (χ3v) is 4.29. The van der Waals surface area contributed by atoms with Gasteiger partial charge in [-0.3, -0.25) is 9.59 Å². The van der Waals surface area contributed by atoms with Gasteiger partial charge in [-0.1, -0.05) is 6.92 Å². The topological polar surface area (TPSA) is 75.4 Å². The maximum atomic E-state index is 12.4. The quantitative estimate of drug-likeness (QED) is 0.773.